The SMILES string of the molecule is c1cc2cc(-c3ccc(-n4c5ccccc5c5ccccc54)cc3)c3cccc4cc(-c5ccc(-n6c7ccccc7c7ccccc76)cc5)c(c1)c2c43. The molecule has 0 amide bonds. The summed E-state index contributed by atoms with van der Waals surface area (Å²) in [6.07, 6.45) is 0. The van der Waals surface area contributed by atoms with Gasteiger partial charge in [0.2, 0.25) is 0 Å². The Morgan fingerprint density at radius 2 is 0.574 bits per heavy atom. The smallest absolute Gasteiger partial charge is 0.0541 e. The van der Waals surface area contributed by atoms with Crippen molar-refractivity contribution in [3.05, 3.63) is 194 Å². The zero-order valence-corrected chi connectivity index (χ0v) is 29.4. The van der Waals surface area contributed by atoms with E-state index in [4.69, 9.17) is 0 Å². The van der Waals surface area contributed by atoms with E-state index in [0.29, 0.717) is 0 Å². The summed E-state index contributed by atoms with van der Waals surface area (Å²) in [5, 5.41) is 12.9. The number of hydrogen-bond donors (Lipinski definition) is 0. The van der Waals surface area contributed by atoms with E-state index in [2.05, 4.69) is 203 Å². The van der Waals surface area contributed by atoms with E-state index in [9.17, 15) is 0 Å². The standard InChI is InChI=1S/C52H32N2/c1-5-19-47-39(13-1)40-14-2-6-20-48(40)53(47)37-27-23-33(24-28-37)45-31-35-11-10-18-44-46(32-36-12-9-17-43(45)51(36)52(35)44)34-25-29-38(30-26-34)54-49-21-7-3-15-41(49)42-16-4-8-22-50(42)54/h1-32H. The van der Waals surface area contributed by atoms with Crippen molar-refractivity contribution in [3.63, 3.8) is 0 Å². The molecule has 0 saturated heterocycles. The molecule has 0 bridgehead atoms. The Labute approximate surface area is 311 Å². The predicted octanol–water partition coefficient (Wildman–Crippen LogP) is 14.1. The van der Waals surface area contributed by atoms with E-state index in [1.165, 1.54) is 110 Å². The summed E-state index contributed by atoms with van der Waals surface area (Å²) in [6, 6.07) is 71.5. The van der Waals surface area contributed by atoms with Crippen LogP contribution in [0.5, 0.6) is 0 Å². The maximum atomic E-state index is 2.40. The topological polar surface area (TPSA) is 9.86 Å². The Balaban J connectivity index is 0.988. The van der Waals surface area contributed by atoms with E-state index >= 15 is 0 Å². The Kier molecular flexibility index (Phi) is 6.09. The Morgan fingerprint density at radius 1 is 0.259 bits per heavy atom. The van der Waals surface area contributed by atoms with Gasteiger partial charge in [-0.05, 0) is 115 Å². The third-order valence-electron chi connectivity index (χ3n) is 11.7. The van der Waals surface area contributed by atoms with Gasteiger partial charge in [0.05, 0.1) is 22.1 Å². The van der Waals surface area contributed by atoms with Crippen molar-refractivity contribution in [2.24, 2.45) is 0 Å². The average Bonchev–Trinajstić information content (AvgIpc) is 3.76. The molecule has 0 atom stereocenters. The van der Waals surface area contributed by atoms with Crippen molar-refractivity contribution in [1.82, 2.24) is 9.13 Å². The van der Waals surface area contributed by atoms with Crippen molar-refractivity contribution in [1.29, 1.82) is 0 Å². The van der Waals surface area contributed by atoms with Gasteiger partial charge in [-0.25, -0.2) is 0 Å². The molecule has 54 heavy (non-hydrogen) atoms. The van der Waals surface area contributed by atoms with E-state index in [0.717, 1.165) is 0 Å². The minimum absolute atomic E-state index is 1.17. The van der Waals surface area contributed by atoms with Gasteiger partial charge in [-0.3, -0.25) is 0 Å². The second-order valence-corrected chi connectivity index (χ2v) is 14.5. The molecule has 12 aromatic rings. The Bertz CT molecular complexity index is 3080. The van der Waals surface area contributed by atoms with Gasteiger partial charge in [0, 0.05) is 32.9 Å². The molecule has 2 heteroatoms. The van der Waals surface area contributed by atoms with E-state index in [1.807, 2.05) is 0 Å². The molecular formula is C52H32N2. The van der Waals surface area contributed by atoms with Gasteiger partial charge >= 0.3 is 0 Å². The normalized spacial score (nSPS) is 12.1. The summed E-state index contributed by atoms with van der Waals surface area (Å²) in [7, 11) is 0. The first-order chi connectivity index (χ1) is 26.8. The van der Waals surface area contributed by atoms with Crippen LogP contribution in [0.2, 0.25) is 0 Å². The highest BCUT2D eigenvalue weighted by atomic mass is 15.0. The summed E-state index contributed by atoms with van der Waals surface area (Å²) in [4.78, 5) is 0. The van der Waals surface area contributed by atoms with Gasteiger partial charge in [-0.15, -0.1) is 0 Å². The number of para-hydroxylation sites is 4. The van der Waals surface area contributed by atoms with Crippen molar-refractivity contribution < 1.29 is 0 Å². The number of fused-ring (bicyclic) bond motifs is 6. The third kappa shape index (κ3) is 4.11. The van der Waals surface area contributed by atoms with Gasteiger partial charge in [-0.2, -0.15) is 0 Å². The minimum atomic E-state index is 1.17. The van der Waals surface area contributed by atoms with Crippen molar-refractivity contribution in [3.8, 4) is 33.6 Å². The number of nitrogens with zero attached hydrogens (tertiary/aromatic N) is 2. The predicted molar refractivity (Wildman–Crippen MR) is 230 cm³/mol. The van der Waals surface area contributed by atoms with Crippen molar-refractivity contribution >= 4 is 75.9 Å². The van der Waals surface area contributed by atoms with Gasteiger partial charge in [0.25, 0.3) is 0 Å². The van der Waals surface area contributed by atoms with Crippen LogP contribution in [0.3, 0.4) is 0 Å². The summed E-state index contributed by atoms with van der Waals surface area (Å²) < 4.78 is 4.77. The molecule has 0 N–H and O–H groups in total. The highest BCUT2D eigenvalue weighted by Crippen LogP contribution is 2.44. The molecule has 0 aliphatic heterocycles. The molecule has 12 rings (SSSR count). The van der Waals surface area contributed by atoms with Crippen molar-refractivity contribution in [2.75, 3.05) is 0 Å². The first kappa shape index (κ1) is 29.4. The van der Waals surface area contributed by atoms with Crippen LogP contribution in [0.4, 0.5) is 0 Å². The lowest BCUT2D eigenvalue weighted by molar-refractivity contribution is 1.18. The number of hydrogen-bond acceptors (Lipinski definition) is 0. The first-order valence-electron chi connectivity index (χ1n) is 18.7. The number of aromatic nitrogens is 2. The zero-order chi connectivity index (χ0) is 35.3. The highest BCUT2D eigenvalue weighted by molar-refractivity contribution is 6.29. The maximum Gasteiger partial charge on any atom is 0.0541 e. The molecular weight excluding hydrogens is 653 g/mol. The highest BCUT2D eigenvalue weighted by Gasteiger charge is 2.18. The summed E-state index contributed by atoms with van der Waals surface area (Å²) in [6.45, 7) is 0. The average molecular weight is 685 g/mol. The summed E-state index contributed by atoms with van der Waals surface area (Å²) in [5.74, 6) is 0. The quantitative estimate of drug-likeness (QED) is 0.163. The molecule has 2 aromatic heterocycles. The second kappa shape index (κ2) is 11.2. The molecule has 0 fully saturated rings. The summed E-state index contributed by atoms with van der Waals surface area (Å²) >= 11 is 0. The molecule has 0 aliphatic carbocycles. The van der Waals surface area contributed by atoms with Crippen LogP contribution < -0.4 is 0 Å². The second-order valence-electron chi connectivity index (χ2n) is 14.5. The molecule has 0 aliphatic rings. The molecule has 0 saturated carbocycles. The van der Waals surface area contributed by atoms with Crippen LogP contribution in [-0.2, 0) is 0 Å². The van der Waals surface area contributed by atoms with Crippen LogP contribution in [0, 0.1) is 0 Å². The van der Waals surface area contributed by atoms with E-state index < -0.39 is 0 Å². The van der Waals surface area contributed by atoms with Crippen LogP contribution >= 0.6 is 0 Å². The van der Waals surface area contributed by atoms with Crippen LogP contribution in [-0.4, -0.2) is 9.13 Å². The van der Waals surface area contributed by atoms with Gasteiger partial charge in [0.15, 0.2) is 0 Å². The lowest BCUT2D eigenvalue weighted by Crippen LogP contribution is -1.95. The molecule has 0 unspecified atom stereocenters. The maximum absolute atomic E-state index is 2.40. The number of rotatable bonds is 4. The number of benzene rings is 10. The van der Waals surface area contributed by atoms with Crippen LogP contribution in [0.1, 0.15) is 0 Å². The largest absolute Gasteiger partial charge is 0.309 e. The molecule has 0 spiro atoms. The third-order valence-corrected chi connectivity index (χ3v) is 11.7. The molecule has 2 heterocycles. The van der Waals surface area contributed by atoms with Crippen molar-refractivity contribution in [2.45, 2.75) is 0 Å². The Morgan fingerprint density at radius 3 is 0.926 bits per heavy atom. The molecule has 10 aromatic carbocycles. The molecule has 250 valence electrons. The molecule has 0 radical (unpaired) electrons. The van der Waals surface area contributed by atoms with Crippen LogP contribution in [0.25, 0.3) is 110 Å². The fourth-order valence-corrected chi connectivity index (χ4v) is 9.31. The summed E-state index contributed by atoms with van der Waals surface area (Å²) in [5.41, 5.74) is 12.2. The molecule has 2 nitrogen and oxygen atoms in total. The minimum Gasteiger partial charge on any atom is -0.309 e. The van der Waals surface area contributed by atoms with Gasteiger partial charge in [-0.1, -0.05) is 133 Å². The lowest BCUT2D eigenvalue weighted by atomic mass is 9.86. The lowest BCUT2D eigenvalue weighted by Gasteiger charge is -2.18. The zero-order valence-electron chi connectivity index (χ0n) is 29.4. The van der Waals surface area contributed by atoms with E-state index in [-0.39, 0.29) is 0 Å². The van der Waals surface area contributed by atoms with Gasteiger partial charge in [0.1, 0.15) is 0 Å². The Hall–Kier alpha value is -7.16. The fraction of sp³-hybridized carbons (Fsp3) is 0. The monoisotopic (exact) mass is 684 g/mol. The van der Waals surface area contributed by atoms with Crippen LogP contribution in [0.15, 0.2) is 194 Å². The first-order valence-corrected chi connectivity index (χ1v) is 18.7. The van der Waals surface area contributed by atoms with E-state index in [1.54, 1.807) is 0 Å². The van der Waals surface area contributed by atoms with Gasteiger partial charge < -0.3 is 9.13 Å². The fourth-order valence-electron chi connectivity index (χ4n) is 9.31.